The maximum Gasteiger partial charge on any atom is 1.00 e. The number of aryl methyl sites for hydroxylation is 1. The molecule has 0 heterocycles. The Hall–Kier alpha value is -0.414. The third-order valence-corrected chi connectivity index (χ3v) is 4.65. The zero-order chi connectivity index (χ0) is 17.6. The molecule has 0 spiro atoms. The minimum absolute atomic E-state index is 0. The largest absolute Gasteiger partial charge is 1.00 e. The van der Waals surface area contributed by atoms with Crippen molar-refractivity contribution in [2.75, 3.05) is 0 Å². The van der Waals surface area contributed by atoms with Crippen LogP contribution in [-0.2, 0) is 16.5 Å². The third-order valence-electron chi connectivity index (χ3n) is 3.67. The molecule has 5 nitrogen and oxygen atoms in total. The number of rotatable bonds is 8. The van der Waals surface area contributed by atoms with Gasteiger partial charge in [0.2, 0.25) is 0 Å². The van der Waals surface area contributed by atoms with Crippen LogP contribution in [0.15, 0.2) is 47.4 Å². The number of hydrogen-bond acceptors (Lipinski definition) is 4. The van der Waals surface area contributed by atoms with Crippen molar-refractivity contribution in [2.24, 2.45) is 0 Å². The maximum absolute atomic E-state index is 11.8. The summed E-state index contributed by atoms with van der Waals surface area (Å²) < 4.78 is 38.9. The first kappa shape index (κ1) is 22.6. The monoisotopic (exact) mass is 388 g/mol. The molecule has 1 N–H and O–H groups in total. The Balaban J connectivity index is 0.00000312. The molecule has 0 fully saturated rings. The van der Waals surface area contributed by atoms with Gasteiger partial charge in [0.25, 0.3) is 10.1 Å². The van der Waals surface area contributed by atoms with Crippen LogP contribution in [0.1, 0.15) is 38.2 Å². The molecule has 0 aromatic heterocycles. The average molecular weight is 389 g/mol. The quantitative estimate of drug-likeness (QED) is 0.413. The van der Waals surface area contributed by atoms with Crippen LogP contribution < -0.4 is 61.2 Å². The van der Waals surface area contributed by atoms with E-state index in [1.807, 2.05) is 0 Å². The van der Waals surface area contributed by atoms with E-state index in [1.54, 1.807) is 12.1 Å². The second kappa shape index (κ2) is 10.7. The van der Waals surface area contributed by atoms with Gasteiger partial charge in [0, 0.05) is 0 Å². The van der Waals surface area contributed by atoms with Gasteiger partial charge in [-0.3, -0.25) is 4.55 Å². The Kier molecular flexibility index (Phi) is 9.65. The van der Waals surface area contributed by atoms with Gasteiger partial charge in [0.15, 0.2) is 0 Å². The van der Waals surface area contributed by atoms with E-state index in [1.165, 1.54) is 30.3 Å². The van der Waals surface area contributed by atoms with Gasteiger partial charge in [-0.2, -0.15) is 8.42 Å². The summed E-state index contributed by atoms with van der Waals surface area (Å²) in [5, 5.41) is 11.1. The van der Waals surface area contributed by atoms with Crippen molar-refractivity contribution in [3.8, 4) is 17.2 Å². The van der Waals surface area contributed by atoms with Crippen LogP contribution in [-0.4, -0.2) is 13.0 Å². The normalized spacial score (nSPS) is 11.0. The van der Waals surface area contributed by atoms with E-state index in [2.05, 4.69) is 6.92 Å². The molecule has 0 aliphatic heterocycles. The van der Waals surface area contributed by atoms with Crippen molar-refractivity contribution >= 4 is 10.1 Å². The van der Waals surface area contributed by atoms with Crippen LogP contribution in [0.2, 0.25) is 0 Å². The smallest absolute Gasteiger partial charge is 0.872 e. The standard InChI is InChI=1S/C18H22O5S.K/c1-2-3-4-5-7-14-8-6-9-17(18(14)24(20,21)22)23-16-12-10-15(19)11-13-16;/h6,8-13,19H,2-5,7H2,1H3,(H,20,21,22);/q;+1/p-1. The predicted molar refractivity (Wildman–Crippen MR) is 90.1 cm³/mol. The topological polar surface area (TPSA) is 86.7 Å². The van der Waals surface area contributed by atoms with E-state index >= 15 is 0 Å². The van der Waals surface area contributed by atoms with Crippen molar-refractivity contribution < 1.29 is 74.2 Å². The molecule has 0 saturated carbocycles. The molecule has 2 aromatic carbocycles. The molecule has 0 bridgehead atoms. The van der Waals surface area contributed by atoms with Crippen LogP contribution in [0, 0.1) is 0 Å². The van der Waals surface area contributed by atoms with Gasteiger partial charge in [0.05, 0.1) is 0 Å². The SMILES string of the molecule is CCCCCCc1cccc(Oc2ccc([O-])cc2)c1S(=O)(=O)O.[K+]. The number of hydrogen-bond donors (Lipinski definition) is 1. The van der Waals surface area contributed by atoms with E-state index in [4.69, 9.17) is 4.74 Å². The molecule has 7 heteroatoms. The molecule has 25 heavy (non-hydrogen) atoms. The molecule has 2 aromatic rings. The molecule has 130 valence electrons. The Morgan fingerprint density at radius 2 is 1.72 bits per heavy atom. The van der Waals surface area contributed by atoms with E-state index in [0.29, 0.717) is 17.7 Å². The molecule has 0 radical (unpaired) electrons. The van der Waals surface area contributed by atoms with Gasteiger partial charge < -0.3 is 9.84 Å². The van der Waals surface area contributed by atoms with E-state index in [9.17, 15) is 18.1 Å². The number of unbranched alkanes of at least 4 members (excludes halogenated alkanes) is 3. The molecular formula is C18H21KO5S. The summed E-state index contributed by atoms with van der Waals surface area (Å²) in [6.07, 6.45) is 4.55. The Labute approximate surface area is 191 Å². The molecule has 0 amide bonds. The second-order valence-electron chi connectivity index (χ2n) is 5.60. The zero-order valence-corrected chi connectivity index (χ0v) is 18.5. The predicted octanol–water partition coefficient (Wildman–Crippen LogP) is 0.926. The number of ether oxygens (including phenoxy) is 1. The Bertz CT molecular complexity index is 773. The first-order chi connectivity index (χ1) is 11.4. The van der Waals surface area contributed by atoms with Crippen LogP contribution in [0.3, 0.4) is 0 Å². The summed E-state index contributed by atoms with van der Waals surface area (Å²) in [6, 6.07) is 10.5. The summed E-state index contributed by atoms with van der Waals surface area (Å²) in [5.74, 6) is 0.230. The van der Waals surface area contributed by atoms with Gasteiger partial charge in [0.1, 0.15) is 16.4 Å². The van der Waals surface area contributed by atoms with Crippen LogP contribution >= 0.6 is 0 Å². The average Bonchev–Trinajstić information content (AvgIpc) is 2.53. The Morgan fingerprint density at radius 1 is 1.04 bits per heavy atom. The summed E-state index contributed by atoms with van der Waals surface area (Å²) in [7, 11) is -4.42. The minimum Gasteiger partial charge on any atom is -0.872 e. The zero-order valence-electron chi connectivity index (χ0n) is 14.6. The molecule has 0 aliphatic carbocycles. The van der Waals surface area contributed by atoms with Crippen molar-refractivity contribution in [1.29, 1.82) is 0 Å². The van der Waals surface area contributed by atoms with Crippen LogP contribution in [0.5, 0.6) is 17.2 Å². The molecule has 0 saturated heterocycles. The van der Waals surface area contributed by atoms with E-state index in [0.717, 1.165) is 25.7 Å². The van der Waals surface area contributed by atoms with E-state index in [-0.39, 0.29) is 67.8 Å². The third kappa shape index (κ3) is 7.01. The van der Waals surface area contributed by atoms with Crippen molar-refractivity contribution in [3.05, 3.63) is 48.0 Å². The van der Waals surface area contributed by atoms with Crippen LogP contribution in [0.25, 0.3) is 0 Å². The van der Waals surface area contributed by atoms with Crippen LogP contribution in [0.4, 0.5) is 0 Å². The summed E-state index contributed by atoms with van der Waals surface area (Å²) in [5.41, 5.74) is 0.534. The van der Waals surface area contributed by atoms with Crippen molar-refractivity contribution in [3.63, 3.8) is 0 Å². The van der Waals surface area contributed by atoms with Gasteiger partial charge in [-0.1, -0.05) is 50.5 Å². The second-order valence-corrected chi connectivity index (χ2v) is 6.96. The molecule has 2 rings (SSSR count). The van der Waals surface area contributed by atoms with Gasteiger partial charge >= 0.3 is 51.4 Å². The molecule has 0 unspecified atom stereocenters. The fraction of sp³-hybridized carbons (Fsp3) is 0.333. The van der Waals surface area contributed by atoms with E-state index < -0.39 is 10.1 Å². The fourth-order valence-electron chi connectivity index (χ4n) is 2.51. The van der Waals surface area contributed by atoms with Crippen molar-refractivity contribution in [2.45, 2.75) is 43.9 Å². The van der Waals surface area contributed by atoms with Crippen molar-refractivity contribution in [1.82, 2.24) is 0 Å². The van der Waals surface area contributed by atoms with Gasteiger partial charge in [-0.05, 0) is 36.6 Å². The molecular weight excluding hydrogens is 367 g/mol. The maximum atomic E-state index is 11.8. The minimum atomic E-state index is -4.42. The molecule has 0 atom stereocenters. The van der Waals surface area contributed by atoms with Gasteiger partial charge in [-0.15, -0.1) is 5.75 Å². The summed E-state index contributed by atoms with van der Waals surface area (Å²) in [6.45, 7) is 2.10. The summed E-state index contributed by atoms with van der Waals surface area (Å²) in [4.78, 5) is -0.201. The number of benzene rings is 2. The first-order valence-electron chi connectivity index (χ1n) is 7.96. The molecule has 0 aliphatic rings. The van der Waals surface area contributed by atoms with Gasteiger partial charge in [-0.25, -0.2) is 0 Å². The Morgan fingerprint density at radius 3 is 2.32 bits per heavy atom. The fourth-order valence-corrected chi connectivity index (χ4v) is 3.37. The first-order valence-corrected chi connectivity index (χ1v) is 9.40. The summed E-state index contributed by atoms with van der Waals surface area (Å²) >= 11 is 0.